The molecule has 0 bridgehead atoms. The number of urea groups is 1. The highest BCUT2D eigenvalue weighted by Gasteiger charge is 2.39. The van der Waals surface area contributed by atoms with E-state index in [0.29, 0.717) is 30.0 Å². The zero-order chi connectivity index (χ0) is 22.1. The number of hydrogen-bond donors (Lipinski definition) is 2. The highest BCUT2D eigenvalue weighted by Crippen LogP contribution is 2.33. The fraction of sp³-hybridized carbons (Fsp3) is 0.609. The second kappa shape index (κ2) is 8.97. The number of carbonyl (C=O) groups excluding carboxylic acids is 3. The molecule has 4 heterocycles. The Bertz CT molecular complexity index is 904. The molecule has 1 aromatic carbocycles. The standard InChI is InChI=1S/C23H30N4O5/c28-21(24-12-16-4-3-9-26-8-2-1-5-18(16)26)11-17-22(29)27(23(30)25-17)13-15-6-7-19-20(10-15)32-14-31-19/h6-7,10,16-18H,1-5,8-9,11-14H2,(H,24,28)(H,25,30)/t16-,17?,18+/m0/s1. The summed E-state index contributed by atoms with van der Waals surface area (Å²) in [5.41, 5.74) is 0.761. The number of hydrogen-bond acceptors (Lipinski definition) is 6. The molecule has 0 radical (unpaired) electrons. The van der Waals surface area contributed by atoms with Crippen molar-refractivity contribution in [2.45, 2.75) is 57.2 Å². The van der Waals surface area contributed by atoms with E-state index >= 15 is 0 Å². The Morgan fingerprint density at radius 2 is 1.94 bits per heavy atom. The van der Waals surface area contributed by atoms with E-state index in [1.807, 2.05) is 0 Å². The molecule has 9 heteroatoms. The quantitative estimate of drug-likeness (QED) is 0.650. The van der Waals surface area contributed by atoms with Gasteiger partial charge in [-0.25, -0.2) is 4.79 Å². The average molecular weight is 443 g/mol. The van der Waals surface area contributed by atoms with Gasteiger partial charge in [-0.3, -0.25) is 14.5 Å². The topological polar surface area (TPSA) is 100 Å². The summed E-state index contributed by atoms with van der Waals surface area (Å²) in [5, 5.41) is 5.68. The first kappa shape index (κ1) is 21.1. The molecular weight excluding hydrogens is 412 g/mol. The molecule has 0 aromatic heterocycles. The lowest BCUT2D eigenvalue weighted by molar-refractivity contribution is -0.131. The summed E-state index contributed by atoms with van der Waals surface area (Å²) in [5.74, 6) is 1.14. The predicted octanol–water partition coefficient (Wildman–Crippen LogP) is 1.61. The van der Waals surface area contributed by atoms with Gasteiger partial charge in [-0.1, -0.05) is 12.5 Å². The third-order valence-electron chi connectivity index (χ3n) is 7.06. The maximum atomic E-state index is 12.8. The van der Waals surface area contributed by atoms with Crippen molar-refractivity contribution in [3.05, 3.63) is 23.8 Å². The lowest BCUT2D eigenvalue weighted by Crippen LogP contribution is -2.51. The van der Waals surface area contributed by atoms with Crippen molar-refractivity contribution in [3.8, 4) is 11.5 Å². The number of nitrogens with one attached hydrogen (secondary N) is 2. The van der Waals surface area contributed by atoms with Gasteiger partial charge in [0.15, 0.2) is 11.5 Å². The summed E-state index contributed by atoms with van der Waals surface area (Å²) < 4.78 is 10.7. The molecule has 1 unspecified atom stereocenters. The van der Waals surface area contributed by atoms with Crippen molar-refractivity contribution >= 4 is 17.8 Å². The number of carbonyl (C=O) groups is 3. The number of benzene rings is 1. The molecule has 172 valence electrons. The van der Waals surface area contributed by atoms with Gasteiger partial charge in [-0.15, -0.1) is 0 Å². The van der Waals surface area contributed by atoms with Crippen LogP contribution in [0.2, 0.25) is 0 Å². The second-order valence-corrected chi connectivity index (χ2v) is 9.12. The summed E-state index contributed by atoms with van der Waals surface area (Å²) in [6.45, 7) is 3.25. The van der Waals surface area contributed by atoms with Gasteiger partial charge in [-0.05, 0) is 62.4 Å². The zero-order valence-electron chi connectivity index (χ0n) is 18.2. The number of rotatable bonds is 6. The van der Waals surface area contributed by atoms with E-state index in [2.05, 4.69) is 15.5 Å². The number of amides is 4. The van der Waals surface area contributed by atoms with Crippen molar-refractivity contribution in [1.82, 2.24) is 20.4 Å². The van der Waals surface area contributed by atoms with Gasteiger partial charge in [-0.2, -0.15) is 0 Å². The van der Waals surface area contributed by atoms with Crippen molar-refractivity contribution in [2.75, 3.05) is 26.4 Å². The van der Waals surface area contributed by atoms with Crippen LogP contribution in [0.4, 0.5) is 4.79 Å². The van der Waals surface area contributed by atoms with Crippen LogP contribution >= 0.6 is 0 Å². The predicted molar refractivity (Wildman–Crippen MR) is 115 cm³/mol. The minimum atomic E-state index is -0.825. The maximum Gasteiger partial charge on any atom is 0.325 e. The Balaban J connectivity index is 1.13. The lowest BCUT2D eigenvalue weighted by Gasteiger charge is -2.44. The van der Waals surface area contributed by atoms with Gasteiger partial charge in [0, 0.05) is 12.6 Å². The Labute approximate surface area is 187 Å². The molecule has 3 saturated heterocycles. The van der Waals surface area contributed by atoms with Gasteiger partial charge in [0.25, 0.3) is 5.91 Å². The van der Waals surface area contributed by atoms with Crippen LogP contribution < -0.4 is 20.1 Å². The molecule has 32 heavy (non-hydrogen) atoms. The average Bonchev–Trinajstić information content (AvgIpc) is 3.37. The summed E-state index contributed by atoms with van der Waals surface area (Å²) in [7, 11) is 0. The van der Waals surface area contributed by atoms with Crippen LogP contribution in [0.25, 0.3) is 0 Å². The minimum Gasteiger partial charge on any atom is -0.454 e. The van der Waals surface area contributed by atoms with Gasteiger partial charge in [0.2, 0.25) is 12.7 Å². The molecule has 4 aliphatic heterocycles. The normalized spacial score (nSPS) is 27.2. The van der Waals surface area contributed by atoms with E-state index in [4.69, 9.17) is 9.47 Å². The van der Waals surface area contributed by atoms with Crippen molar-refractivity contribution in [1.29, 1.82) is 0 Å². The number of imide groups is 1. The first-order valence-electron chi connectivity index (χ1n) is 11.6. The molecular formula is C23H30N4O5. The van der Waals surface area contributed by atoms with Gasteiger partial charge < -0.3 is 25.0 Å². The summed E-state index contributed by atoms with van der Waals surface area (Å²) in [4.78, 5) is 41.4. The number of nitrogens with zero attached hydrogens (tertiary/aromatic N) is 2. The molecule has 4 amide bonds. The third kappa shape index (κ3) is 4.26. The van der Waals surface area contributed by atoms with E-state index in [-0.39, 0.29) is 31.6 Å². The molecule has 0 aliphatic carbocycles. The summed E-state index contributed by atoms with van der Waals surface area (Å²) >= 11 is 0. The van der Waals surface area contributed by atoms with Crippen molar-refractivity contribution in [3.63, 3.8) is 0 Å². The second-order valence-electron chi connectivity index (χ2n) is 9.12. The van der Waals surface area contributed by atoms with E-state index in [0.717, 1.165) is 30.0 Å². The van der Waals surface area contributed by atoms with Crippen LogP contribution in [0, 0.1) is 5.92 Å². The van der Waals surface area contributed by atoms with Crippen LogP contribution in [-0.4, -0.2) is 66.2 Å². The largest absolute Gasteiger partial charge is 0.454 e. The number of ether oxygens (including phenoxy) is 2. The monoisotopic (exact) mass is 442 g/mol. The van der Waals surface area contributed by atoms with Crippen LogP contribution in [0.1, 0.15) is 44.1 Å². The van der Waals surface area contributed by atoms with Gasteiger partial charge in [0.05, 0.1) is 13.0 Å². The Morgan fingerprint density at radius 3 is 2.84 bits per heavy atom. The van der Waals surface area contributed by atoms with Gasteiger partial charge in [0.1, 0.15) is 6.04 Å². The lowest BCUT2D eigenvalue weighted by atomic mass is 9.83. The molecule has 1 aromatic rings. The molecule has 0 saturated carbocycles. The Hall–Kier alpha value is -2.81. The number of piperidine rings is 2. The minimum absolute atomic E-state index is 0.0384. The molecule has 4 aliphatic rings. The number of fused-ring (bicyclic) bond motifs is 2. The van der Waals surface area contributed by atoms with Crippen LogP contribution in [0.3, 0.4) is 0 Å². The van der Waals surface area contributed by atoms with E-state index in [9.17, 15) is 14.4 Å². The highest BCUT2D eigenvalue weighted by atomic mass is 16.7. The summed E-state index contributed by atoms with van der Waals surface area (Å²) in [6, 6.07) is 4.58. The molecule has 5 rings (SSSR count). The van der Waals surface area contributed by atoms with Gasteiger partial charge >= 0.3 is 6.03 Å². The zero-order valence-corrected chi connectivity index (χ0v) is 18.2. The third-order valence-corrected chi connectivity index (χ3v) is 7.06. The molecule has 0 spiro atoms. The van der Waals surface area contributed by atoms with Crippen LogP contribution in [0.15, 0.2) is 18.2 Å². The Kier molecular flexibility index (Phi) is 5.91. The highest BCUT2D eigenvalue weighted by molar-refractivity contribution is 6.05. The summed E-state index contributed by atoms with van der Waals surface area (Å²) in [6.07, 6.45) is 5.98. The molecule has 9 nitrogen and oxygen atoms in total. The smallest absolute Gasteiger partial charge is 0.325 e. The van der Waals surface area contributed by atoms with E-state index < -0.39 is 12.1 Å². The Morgan fingerprint density at radius 1 is 1.09 bits per heavy atom. The first-order valence-corrected chi connectivity index (χ1v) is 11.6. The first-order chi connectivity index (χ1) is 15.6. The fourth-order valence-corrected chi connectivity index (χ4v) is 5.40. The maximum absolute atomic E-state index is 12.8. The molecule has 3 atom stereocenters. The van der Waals surface area contributed by atoms with Crippen molar-refractivity contribution < 1.29 is 23.9 Å². The molecule has 3 fully saturated rings. The van der Waals surface area contributed by atoms with E-state index in [1.54, 1.807) is 18.2 Å². The molecule has 2 N–H and O–H groups in total. The van der Waals surface area contributed by atoms with Crippen LogP contribution in [0.5, 0.6) is 11.5 Å². The van der Waals surface area contributed by atoms with Crippen molar-refractivity contribution in [2.24, 2.45) is 5.92 Å². The fourth-order valence-electron chi connectivity index (χ4n) is 5.40. The van der Waals surface area contributed by atoms with Crippen LogP contribution in [-0.2, 0) is 16.1 Å². The van der Waals surface area contributed by atoms with E-state index in [1.165, 1.54) is 25.7 Å². The SMILES string of the molecule is O=C(CC1NC(=O)N(Cc2ccc3c(c2)OCO3)C1=O)NC[C@@H]1CCCN2CCCC[C@H]12.